The minimum Gasteiger partial charge on any atom is -0.493 e. The molecule has 1 aromatic heterocycles. The van der Waals surface area contributed by atoms with Gasteiger partial charge in [0.15, 0.2) is 11.5 Å². The number of amides is 1. The van der Waals surface area contributed by atoms with E-state index in [0.717, 1.165) is 24.6 Å². The average molecular weight is 521 g/mol. The van der Waals surface area contributed by atoms with Crippen molar-refractivity contribution in [1.29, 1.82) is 0 Å². The van der Waals surface area contributed by atoms with Gasteiger partial charge < -0.3 is 20.1 Å². The predicted molar refractivity (Wildman–Crippen MR) is 133 cm³/mol. The quantitative estimate of drug-likeness (QED) is 0.336. The molecule has 0 radical (unpaired) electrons. The highest BCUT2D eigenvalue weighted by atomic mass is 79.9. The monoisotopic (exact) mass is 520 g/mol. The molecular formula is C24H30BrFN4O3. The van der Waals surface area contributed by atoms with E-state index in [1.807, 2.05) is 13.0 Å². The number of benzene rings is 2. The van der Waals surface area contributed by atoms with Crippen LogP contribution in [0.25, 0.3) is 10.9 Å². The van der Waals surface area contributed by atoms with Crippen LogP contribution < -0.4 is 20.1 Å². The van der Waals surface area contributed by atoms with Gasteiger partial charge in [0, 0.05) is 29.4 Å². The number of aromatic nitrogens is 2. The fourth-order valence-corrected chi connectivity index (χ4v) is 3.17. The number of nitrogens with zero attached hydrogens (tertiary/aromatic N) is 2. The van der Waals surface area contributed by atoms with Crippen molar-refractivity contribution in [2.45, 2.75) is 39.5 Å². The molecule has 0 aliphatic carbocycles. The highest BCUT2D eigenvalue weighted by molar-refractivity contribution is 9.10. The second kappa shape index (κ2) is 13.6. The molecule has 2 N–H and O–H groups in total. The summed E-state index contributed by atoms with van der Waals surface area (Å²) < 4.78 is 26.0. The molecule has 3 aromatic rings. The molecule has 0 atom stereocenters. The number of methoxy groups -OCH3 is 1. The zero-order valence-corrected chi connectivity index (χ0v) is 21.0. The minimum absolute atomic E-state index is 0.127. The van der Waals surface area contributed by atoms with Gasteiger partial charge in [-0.1, -0.05) is 36.2 Å². The SMILES string of the molecule is CCCC(=O)NC.CCCCOc1cc2ncnc(Nc3ccc(Br)cc3F)c2cc1OC. The van der Waals surface area contributed by atoms with Crippen molar-refractivity contribution in [3.63, 3.8) is 0 Å². The molecule has 1 amide bonds. The summed E-state index contributed by atoms with van der Waals surface area (Å²) in [5.74, 6) is 1.46. The van der Waals surface area contributed by atoms with E-state index in [1.54, 1.807) is 32.4 Å². The van der Waals surface area contributed by atoms with Gasteiger partial charge in [0.05, 0.1) is 24.9 Å². The molecule has 0 saturated heterocycles. The largest absolute Gasteiger partial charge is 0.493 e. The number of carbonyl (C=O) groups excluding carboxylic acids is 1. The first-order valence-electron chi connectivity index (χ1n) is 10.8. The van der Waals surface area contributed by atoms with Gasteiger partial charge in [-0.3, -0.25) is 4.79 Å². The first kappa shape index (κ1) is 26.3. The Bertz CT molecular complexity index is 1070. The zero-order valence-electron chi connectivity index (χ0n) is 19.4. The van der Waals surface area contributed by atoms with Gasteiger partial charge in [0.1, 0.15) is 18.0 Å². The van der Waals surface area contributed by atoms with Crippen molar-refractivity contribution < 1.29 is 18.7 Å². The number of hydrogen-bond donors (Lipinski definition) is 2. The summed E-state index contributed by atoms with van der Waals surface area (Å²) in [6.45, 7) is 4.70. The van der Waals surface area contributed by atoms with E-state index in [-0.39, 0.29) is 11.7 Å². The molecule has 2 aromatic carbocycles. The minimum atomic E-state index is -0.377. The van der Waals surface area contributed by atoms with E-state index >= 15 is 0 Å². The third kappa shape index (κ3) is 7.85. The van der Waals surface area contributed by atoms with Crippen LogP contribution in [0.4, 0.5) is 15.9 Å². The number of hydrogen-bond acceptors (Lipinski definition) is 6. The third-order valence-electron chi connectivity index (χ3n) is 4.62. The van der Waals surface area contributed by atoms with Crippen LogP contribution in [0.3, 0.4) is 0 Å². The highest BCUT2D eigenvalue weighted by Gasteiger charge is 2.13. The average Bonchev–Trinajstić information content (AvgIpc) is 2.81. The van der Waals surface area contributed by atoms with Crippen LogP contribution in [0.15, 0.2) is 41.1 Å². The molecule has 0 fully saturated rings. The van der Waals surface area contributed by atoms with E-state index in [2.05, 4.69) is 43.5 Å². The van der Waals surface area contributed by atoms with E-state index in [0.29, 0.717) is 46.0 Å². The molecule has 33 heavy (non-hydrogen) atoms. The van der Waals surface area contributed by atoms with Crippen molar-refractivity contribution in [2.24, 2.45) is 0 Å². The van der Waals surface area contributed by atoms with Gasteiger partial charge in [-0.05, 0) is 37.1 Å². The Morgan fingerprint density at radius 1 is 1.12 bits per heavy atom. The Morgan fingerprint density at radius 2 is 1.91 bits per heavy atom. The van der Waals surface area contributed by atoms with Crippen LogP contribution in [-0.4, -0.2) is 36.6 Å². The number of anilines is 2. The van der Waals surface area contributed by atoms with Crippen LogP contribution in [0.1, 0.15) is 39.5 Å². The van der Waals surface area contributed by atoms with Gasteiger partial charge in [-0.25, -0.2) is 14.4 Å². The van der Waals surface area contributed by atoms with Gasteiger partial charge in [0.2, 0.25) is 5.91 Å². The Balaban J connectivity index is 0.000000479. The topological polar surface area (TPSA) is 85.4 Å². The van der Waals surface area contributed by atoms with Crippen LogP contribution in [0.2, 0.25) is 0 Å². The third-order valence-corrected chi connectivity index (χ3v) is 5.11. The Morgan fingerprint density at radius 3 is 2.52 bits per heavy atom. The summed E-state index contributed by atoms with van der Waals surface area (Å²) in [7, 11) is 3.23. The number of rotatable bonds is 9. The number of unbranched alkanes of at least 4 members (excludes halogenated alkanes) is 1. The maximum absolute atomic E-state index is 14.1. The molecular weight excluding hydrogens is 491 g/mol. The second-order valence-corrected chi connectivity index (χ2v) is 8.03. The van der Waals surface area contributed by atoms with Crippen molar-refractivity contribution in [2.75, 3.05) is 26.1 Å². The molecule has 178 valence electrons. The van der Waals surface area contributed by atoms with E-state index in [4.69, 9.17) is 9.47 Å². The zero-order chi connectivity index (χ0) is 24.2. The molecule has 0 aliphatic heterocycles. The predicted octanol–water partition coefficient (Wildman–Crippen LogP) is 6.00. The summed E-state index contributed by atoms with van der Waals surface area (Å²) >= 11 is 3.25. The van der Waals surface area contributed by atoms with Gasteiger partial charge in [-0.2, -0.15) is 0 Å². The standard InChI is InChI=1S/C19H19BrFN3O2.C5H11NO/c1-3-4-7-26-18-10-16-13(9-17(18)25-2)19(23-11-22-16)24-15-6-5-12(20)8-14(15)21;1-3-4-5(7)6-2/h5-6,8-11H,3-4,7H2,1-2H3,(H,22,23,24);3-4H2,1-2H3,(H,6,7). The number of nitrogens with one attached hydrogen (secondary N) is 2. The molecule has 3 rings (SSSR count). The van der Waals surface area contributed by atoms with Crippen LogP contribution in [0.5, 0.6) is 11.5 Å². The van der Waals surface area contributed by atoms with Crippen LogP contribution in [-0.2, 0) is 4.79 Å². The summed E-state index contributed by atoms with van der Waals surface area (Å²) in [6, 6.07) is 8.41. The second-order valence-electron chi connectivity index (χ2n) is 7.12. The Hall–Kier alpha value is -2.94. The molecule has 7 nitrogen and oxygen atoms in total. The van der Waals surface area contributed by atoms with E-state index in [9.17, 15) is 9.18 Å². The van der Waals surface area contributed by atoms with Crippen molar-refractivity contribution >= 4 is 44.2 Å². The van der Waals surface area contributed by atoms with Gasteiger partial charge in [0.25, 0.3) is 0 Å². The van der Waals surface area contributed by atoms with Crippen LogP contribution in [0, 0.1) is 5.82 Å². The first-order valence-corrected chi connectivity index (χ1v) is 11.6. The van der Waals surface area contributed by atoms with Crippen molar-refractivity contribution in [1.82, 2.24) is 15.3 Å². The molecule has 0 spiro atoms. The maximum atomic E-state index is 14.1. The lowest BCUT2D eigenvalue weighted by Gasteiger charge is -2.14. The van der Waals surface area contributed by atoms with Gasteiger partial charge >= 0.3 is 0 Å². The summed E-state index contributed by atoms with van der Waals surface area (Å²) in [4.78, 5) is 18.8. The van der Waals surface area contributed by atoms with E-state index in [1.165, 1.54) is 12.4 Å². The first-order chi connectivity index (χ1) is 15.9. The Kier molecular flexibility index (Phi) is 10.8. The number of fused-ring (bicyclic) bond motifs is 1. The lowest BCUT2D eigenvalue weighted by atomic mass is 10.2. The maximum Gasteiger partial charge on any atom is 0.219 e. The smallest absolute Gasteiger partial charge is 0.219 e. The summed E-state index contributed by atoms with van der Waals surface area (Å²) in [5, 5.41) is 6.27. The molecule has 0 saturated carbocycles. The number of halogens is 2. The van der Waals surface area contributed by atoms with Crippen molar-refractivity contribution in [3.05, 3.63) is 46.9 Å². The fourth-order valence-electron chi connectivity index (χ4n) is 2.83. The number of carbonyl (C=O) groups is 1. The van der Waals surface area contributed by atoms with Gasteiger partial charge in [-0.15, -0.1) is 0 Å². The number of ether oxygens (including phenoxy) is 2. The summed E-state index contributed by atoms with van der Waals surface area (Å²) in [5.41, 5.74) is 1.02. The molecule has 1 heterocycles. The highest BCUT2D eigenvalue weighted by Crippen LogP contribution is 2.35. The lowest BCUT2D eigenvalue weighted by Crippen LogP contribution is -2.16. The van der Waals surface area contributed by atoms with Crippen LogP contribution >= 0.6 is 15.9 Å². The molecule has 0 aliphatic rings. The lowest BCUT2D eigenvalue weighted by molar-refractivity contribution is -0.120. The molecule has 9 heteroatoms. The van der Waals surface area contributed by atoms with Crippen molar-refractivity contribution in [3.8, 4) is 11.5 Å². The molecule has 0 bridgehead atoms. The fraction of sp³-hybridized carbons (Fsp3) is 0.375. The van der Waals surface area contributed by atoms with E-state index < -0.39 is 0 Å². The normalized spacial score (nSPS) is 10.2. The molecule has 0 unspecified atom stereocenters. The summed E-state index contributed by atoms with van der Waals surface area (Å²) in [6.07, 6.45) is 5.02. The Labute approximate surface area is 202 Å².